The van der Waals surface area contributed by atoms with Crippen LogP contribution in [0.1, 0.15) is 58.8 Å². The molecule has 0 fully saturated rings. The molecule has 0 radical (unpaired) electrons. The van der Waals surface area contributed by atoms with Crippen LogP contribution in [-0.2, 0) is 14.3 Å². The predicted molar refractivity (Wildman–Crippen MR) is 77.3 cm³/mol. The summed E-state index contributed by atoms with van der Waals surface area (Å²) in [5.74, 6) is -2.44. The molecule has 0 amide bonds. The number of unbranched alkanes of at least 4 members (excludes halogenated alkanes) is 3. The molecule has 0 aromatic rings. The standard InChI is InChI=1S/C16H26O4/c1-3-4-5-6-9-12(2)20-16(19)14-11-8-7-10-13(14)15(17)18/h7-8,12-14H,3-6,9-11H2,1-2H3,(H,17,18). The van der Waals surface area contributed by atoms with E-state index in [0.29, 0.717) is 12.8 Å². The Balaban J connectivity index is 2.40. The molecule has 0 spiro atoms. The van der Waals surface area contributed by atoms with E-state index in [1.807, 2.05) is 19.1 Å². The molecule has 0 saturated heterocycles. The molecule has 4 heteroatoms. The summed E-state index contributed by atoms with van der Waals surface area (Å²) in [4.78, 5) is 23.3. The van der Waals surface area contributed by atoms with Gasteiger partial charge in [-0.15, -0.1) is 0 Å². The molecule has 3 unspecified atom stereocenters. The van der Waals surface area contributed by atoms with Crippen molar-refractivity contribution >= 4 is 11.9 Å². The summed E-state index contributed by atoms with van der Waals surface area (Å²) in [6, 6.07) is 0. The molecule has 1 rings (SSSR count). The topological polar surface area (TPSA) is 63.6 Å². The molecular formula is C16H26O4. The van der Waals surface area contributed by atoms with Gasteiger partial charge in [0.05, 0.1) is 17.9 Å². The van der Waals surface area contributed by atoms with Gasteiger partial charge in [-0.3, -0.25) is 9.59 Å². The van der Waals surface area contributed by atoms with Gasteiger partial charge in [-0.1, -0.05) is 38.3 Å². The van der Waals surface area contributed by atoms with E-state index in [-0.39, 0.29) is 12.1 Å². The summed E-state index contributed by atoms with van der Waals surface area (Å²) in [5, 5.41) is 9.15. The molecule has 1 N–H and O–H groups in total. The molecule has 0 heterocycles. The van der Waals surface area contributed by atoms with Crippen molar-refractivity contribution in [3.63, 3.8) is 0 Å². The number of ether oxygens (including phenoxy) is 1. The highest BCUT2D eigenvalue weighted by molar-refractivity contribution is 5.81. The fourth-order valence-electron chi connectivity index (χ4n) is 2.55. The molecule has 114 valence electrons. The third-order valence-electron chi connectivity index (χ3n) is 3.83. The molecule has 0 aliphatic heterocycles. The van der Waals surface area contributed by atoms with Crippen LogP contribution in [0.25, 0.3) is 0 Å². The lowest BCUT2D eigenvalue weighted by atomic mass is 9.83. The average molecular weight is 282 g/mol. The highest BCUT2D eigenvalue weighted by Crippen LogP contribution is 2.27. The summed E-state index contributed by atoms with van der Waals surface area (Å²) in [6.07, 6.45) is 9.91. The van der Waals surface area contributed by atoms with Gasteiger partial charge in [0, 0.05) is 0 Å². The summed E-state index contributed by atoms with van der Waals surface area (Å²) < 4.78 is 5.41. The highest BCUT2D eigenvalue weighted by Gasteiger charge is 2.35. The molecule has 3 atom stereocenters. The van der Waals surface area contributed by atoms with E-state index in [0.717, 1.165) is 19.3 Å². The predicted octanol–water partition coefficient (Wildman–Crippen LogP) is 3.56. The van der Waals surface area contributed by atoms with Crippen LogP contribution >= 0.6 is 0 Å². The normalized spacial score (nSPS) is 23.3. The minimum absolute atomic E-state index is 0.125. The molecular weight excluding hydrogens is 256 g/mol. The number of carboxylic acids is 1. The van der Waals surface area contributed by atoms with Gasteiger partial charge >= 0.3 is 11.9 Å². The molecule has 20 heavy (non-hydrogen) atoms. The van der Waals surface area contributed by atoms with Crippen LogP contribution in [0.2, 0.25) is 0 Å². The number of carbonyl (C=O) groups is 2. The lowest BCUT2D eigenvalue weighted by molar-refractivity contribution is -0.161. The summed E-state index contributed by atoms with van der Waals surface area (Å²) in [5.41, 5.74) is 0. The van der Waals surface area contributed by atoms with Gasteiger partial charge in [-0.25, -0.2) is 0 Å². The summed E-state index contributed by atoms with van der Waals surface area (Å²) in [7, 11) is 0. The second kappa shape index (κ2) is 8.77. The van der Waals surface area contributed by atoms with E-state index in [1.165, 1.54) is 12.8 Å². The third kappa shape index (κ3) is 5.35. The Morgan fingerprint density at radius 2 is 1.85 bits per heavy atom. The quantitative estimate of drug-likeness (QED) is 0.420. The van der Waals surface area contributed by atoms with Crippen molar-refractivity contribution in [3.05, 3.63) is 12.2 Å². The van der Waals surface area contributed by atoms with Crippen LogP contribution in [0.5, 0.6) is 0 Å². The number of hydrogen-bond donors (Lipinski definition) is 1. The van der Waals surface area contributed by atoms with Crippen molar-refractivity contribution < 1.29 is 19.4 Å². The molecule has 0 saturated carbocycles. The fraction of sp³-hybridized carbons (Fsp3) is 0.750. The van der Waals surface area contributed by atoms with E-state index in [2.05, 4.69) is 6.92 Å². The van der Waals surface area contributed by atoms with Crippen molar-refractivity contribution in [2.24, 2.45) is 11.8 Å². The maximum absolute atomic E-state index is 12.1. The maximum Gasteiger partial charge on any atom is 0.310 e. The largest absolute Gasteiger partial charge is 0.481 e. The zero-order valence-corrected chi connectivity index (χ0v) is 12.5. The summed E-state index contributed by atoms with van der Waals surface area (Å²) >= 11 is 0. The SMILES string of the molecule is CCCCCCC(C)OC(=O)C1CC=CCC1C(=O)O. The number of esters is 1. The van der Waals surface area contributed by atoms with Crippen LogP contribution in [0, 0.1) is 11.8 Å². The van der Waals surface area contributed by atoms with Crippen molar-refractivity contribution in [3.8, 4) is 0 Å². The van der Waals surface area contributed by atoms with Crippen LogP contribution in [0.15, 0.2) is 12.2 Å². The number of aliphatic carboxylic acids is 1. The van der Waals surface area contributed by atoms with Crippen molar-refractivity contribution in [1.82, 2.24) is 0 Å². The van der Waals surface area contributed by atoms with Crippen molar-refractivity contribution in [1.29, 1.82) is 0 Å². The first-order chi connectivity index (χ1) is 9.56. The smallest absolute Gasteiger partial charge is 0.310 e. The van der Waals surface area contributed by atoms with E-state index < -0.39 is 17.8 Å². The minimum Gasteiger partial charge on any atom is -0.481 e. The van der Waals surface area contributed by atoms with Gasteiger partial charge in [-0.2, -0.15) is 0 Å². The average Bonchev–Trinajstić information content (AvgIpc) is 2.43. The van der Waals surface area contributed by atoms with Gasteiger partial charge in [-0.05, 0) is 32.6 Å². The molecule has 0 bridgehead atoms. The Hall–Kier alpha value is -1.32. The van der Waals surface area contributed by atoms with Crippen LogP contribution in [0.3, 0.4) is 0 Å². The Labute approximate surface area is 121 Å². The number of allylic oxidation sites excluding steroid dienone is 2. The maximum atomic E-state index is 12.1. The van der Waals surface area contributed by atoms with E-state index in [1.54, 1.807) is 0 Å². The molecule has 1 aliphatic carbocycles. The van der Waals surface area contributed by atoms with Crippen LogP contribution in [0.4, 0.5) is 0 Å². The van der Waals surface area contributed by atoms with Gasteiger partial charge in [0.25, 0.3) is 0 Å². The zero-order valence-electron chi connectivity index (χ0n) is 12.5. The molecule has 0 aromatic carbocycles. The van der Waals surface area contributed by atoms with Gasteiger partial charge in [0.1, 0.15) is 0 Å². The number of carbonyl (C=O) groups excluding carboxylic acids is 1. The Bertz CT molecular complexity index is 348. The summed E-state index contributed by atoms with van der Waals surface area (Å²) in [6.45, 7) is 4.05. The highest BCUT2D eigenvalue weighted by atomic mass is 16.5. The van der Waals surface area contributed by atoms with E-state index in [4.69, 9.17) is 9.84 Å². The van der Waals surface area contributed by atoms with Crippen LogP contribution < -0.4 is 0 Å². The van der Waals surface area contributed by atoms with Gasteiger partial charge in [0.2, 0.25) is 0 Å². The molecule has 4 nitrogen and oxygen atoms in total. The van der Waals surface area contributed by atoms with Crippen molar-refractivity contribution in [2.75, 3.05) is 0 Å². The number of hydrogen-bond acceptors (Lipinski definition) is 3. The zero-order chi connectivity index (χ0) is 15.0. The van der Waals surface area contributed by atoms with Crippen LogP contribution in [-0.4, -0.2) is 23.1 Å². The lowest BCUT2D eigenvalue weighted by Crippen LogP contribution is -2.33. The third-order valence-corrected chi connectivity index (χ3v) is 3.83. The second-order valence-electron chi connectivity index (χ2n) is 5.59. The van der Waals surface area contributed by atoms with E-state index >= 15 is 0 Å². The van der Waals surface area contributed by atoms with Crippen molar-refractivity contribution in [2.45, 2.75) is 64.9 Å². The first-order valence-corrected chi connectivity index (χ1v) is 7.64. The van der Waals surface area contributed by atoms with E-state index in [9.17, 15) is 9.59 Å². The second-order valence-corrected chi connectivity index (χ2v) is 5.59. The molecule has 1 aliphatic rings. The lowest BCUT2D eigenvalue weighted by Gasteiger charge is -2.25. The molecule has 0 aromatic heterocycles. The van der Waals surface area contributed by atoms with Gasteiger partial charge in [0.15, 0.2) is 0 Å². The minimum atomic E-state index is -0.910. The Kier molecular flexibility index (Phi) is 7.34. The number of carboxylic acid groups (broad SMARTS) is 1. The fourth-order valence-corrected chi connectivity index (χ4v) is 2.55. The monoisotopic (exact) mass is 282 g/mol. The Morgan fingerprint density at radius 3 is 2.45 bits per heavy atom. The van der Waals surface area contributed by atoms with Gasteiger partial charge < -0.3 is 9.84 Å². The first-order valence-electron chi connectivity index (χ1n) is 7.64. The number of rotatable bonds is 8. The first kappa shape index (κ1) is 16.7. The Morgan fingerprint density at radius 1 is 1.20 bits per heavy atom.